The average molecular weight is 169 g/mol. The molecule has 1 rings (SSSR count). The van der Waals surface area contributed by atoms with Crippen LogP contribution < -0.4 is 5.73 Å². The van der Waals surface area contributed by atoms with E-state index in [1.54, 1.807) is 0 Å². The fraction of sp³-hybridized carbons (Fsp3) is 0.778. The van der Waals surface area contributed by atoms with Gasteiger partial charge in [-0.3, -0.25) is 9.59 Å². The molecule has 68 valence electrons. The Kier molecular flexibility index (Phi) is 2.50. The Hall–Kier alpha value is -0.860. The Balaban J connectivity index is 2.55. The topological polar surface area (TPSA) is 60.2 Å². The molecular formula is C9H15NO2. The first-order valence-corrected chi connectivity index (χ1v) is 4.37. The fourth-order valence-electron chi connectivity index (χ4n) is 1.61. The number of Topliss-reactive ketones (excluding diaryl/α,β-unsaturated/α-hetero) is 1. The van der Waals surface area contributed by atoms with Crippen LogP contribution in [0.5, 0.6) is 0 Å². The molecule has 0 saturated heterocycles. The van der Waals surface area contributed by atoms with Crippen molar-refractivity contribution in [1.29, 1.82) is 0 Å². The maximum atomic E-state index is 11.4. The Labute approximate surface area is 72.3 Å². The Morgan fingerprint density at radius 3 is 2.00 bits per heavy atom. The van der Waals surface area contributed by atoms with Crippen LogP contribution in [0.4, 0.5) is 0 Å². The maximum absolute atomic E-state index is 11.4. The largest absolute Gasteiger partial charge is 0.369 e. The van der Waals surface area contributed by atoms with Gasteiger partial charge in [-0.25, -0.2) is 0 Å². The minimum Gasteiger partial charge on any atom is -0.369 e. The first kappa shape index (κ1) is 9.23. The van der Waals surface area contributed by atoms with Crippen molar-refractivity contribution in [2.24, 2.45) is 23.5 Å². The van der Waals surface area contributed by atoms with Gasteiger partial charge in [-0.15, -0.1) is 0 Å². The van der Waals surface area contributed by atoms with Crippen LogP contribution >= 0.6 is 0 Å². The molecule has 1 aliphatic rings. The molecule has 0 aliphatic heterocycles. The maximum Gasteiger partial charge on any atom is 0.221 e. The number of ketones is 1. The summed E-state index contributed by atoms with van der Waals surface area (Å²) in [5.74, 6) is -0.371. The van der Waals surface area contributed by atoms with E-state index in [1.807, 2.05) is 13.8 Å². The molecule has 2 atom stereocenters. The van der Waals surface area contributed by atoms with Gasteiger partial charge in [0.1, 0.15) is 5.78 Å². The van der Waals surface area contributed by atoms with E-state index >= 15 is 0 Å². The monoisotopic (exact) mass is 169 g/mol. The summed E-state index contributed by atoms with van der Waals surface area (Å²) in [7, 11) is 0. The third-order valence-electron chi connectivity index (χ3n) is 2.57. The predicted molar refractivity (Wildman–Crippen MR) is 45.3 cm³/mol. The second kappa shape index (κ2) is 3.25. The van der Waals surface area contributed by atoms with Crippen molar-refractivity contribution in [2.75, 3.05) is 0 Å². The second-order valence-electron chi connectivity index (χ2n) is 3.75. The molecular weight excluding hydrogens is 154 g/mol. The lowest BCUT2D eigenvalue weighted by atomic mass is 9.69. The smallest absolute Gasteiger partial charge is 0.221 e. The van der Waals surface area contributed by atoms with Crippen LogP contribution in [0.3, 0.4) is 0 Å². The van der Waals surface area contributed by atoms with Crippen LogP contribution in [0.25, 0.3) is 0 Å². The van der Waals surface area contributed by atoms with Crippen molar-refractivity contribution in [1.82, 2.24) is 0 Å². The van der Waals surface area contributed by atoms with Gasteiger partial charge in [0, 0.05) is 17.8 Å². The van der Waals surface area contributed by atoms with E-state index in [1.165, 1.54) is 0 Å². The normalized spacial score (nSPS) is 28.2. The van der Waals surface area contributed by atoms with Gasteiger partial charge in [-0.05, 0) is 12.8 Å². The summed E-state index contributed by atoms with van der Waals surface area (Å²) < 4.78 is 0. The van der Waals surface area contributed by atoms with Crippen molar-refractivity contribution < 1.29 is 9.59 Å². The van der Waals surface area contributed by atoms with Crippen LogP contribution in [-0.4, -0.2) is 11.7 Å². The zero-order chi connectivity index (χ0) is 9.30. The minimum atomic E-state index is -0.319. The lowest BCUT2D eigenvalue weighted by molar-refractivity contribution is -0.139. The third kappa shape index (κ3) is 1.49. The van der Waals surface area contributed by atoms with Crippen LogP contribution in [0.1, 0.15) is 26.7 Å². The highest BCUT2D eigenvalue weighted by Crippen LogP contribution is 2.36. The number of hydrogen-bond acceptors (Lipinski definition) is 2. The van der Waals surface area contributed by atoms with E-state index in [0.29, 0.717) is 0 Å². The van der Waals surface area contributed by atoms with Crippen molar-refractivity contribution in [3.8, 4) is 0 Å². The van der Waals surface area contributed by atoms with Crippen molar-refractivity contribution in [2.45, 2.75) is 26.7 Å². The first-order valence-electron chi connectivity index (χ1n) is 4.37. The zero-order valence-electron chi connectivity index (χ0n) is 7.54. The molecule has 0 aromatic rings. The molecule has 0 spiro atoms. The quantitative estimate of drug-likeness (QED) is 0.676. The van der Waals surface area contributed by atoms with E-state index in [-0.39, 0.29) is 29.4 Å². The summed E-state index contributed by atoms with van der Waals surface area (Å²) in [5.41, 5.74) is 5.13. The Bertz CT molecular complexity index is 211. The second-order valence-corrected chi connectivity index (χ2v) is 3.75. The van der Waals surface area contributed by atoms with E-state index in [9.17, 15) is 9.59 Å². The van der Waals surface area contributed by atoms with Gasteiger partial charge in [0.05, 0.1) is 0 Å². The molecule has 0 unspecified atom stereocenters. The van der Waals surface area contributed by atoms with Gasteiger partial charge < -0.3 is 5.73 Å². The number of rotatable bonds is 3. The number of primary amides is 1. The summed E-state index contributed by atoms with van der Waals surface area (Å²) >= 11 is 0. The fourth-order valence-corrected chi connectivity index (χ4v) is 1.61. The molecule has 1 saturated carbocycles. The minimum absolute atomic E-state index is 0.0251. The average Bonchev–Trinajstić information content (AvgIpc) is 1.82. The molecule has 2 N–H and O–H groups in total. The summed E-state index contributed by atoms with van der Waals surface area (Å²) in [5, 5.41) is 0. The van der Waals surface area contributed by atoms with Gasteiger partial charge in [-0.1, -0.05) is 13.8 Å². The summed E-state index contributed by atoms with van der Waals surface area (Å²) in [6.07, 6.45) is 1.63. The van der Waals surface area contributed by atoms with Gasteiger partial charge in [0.25, 0.3) is 0 Å². The lowest BCUT2D eigenvalue weighted by Crippen LogP contribution is -2.42. The number of carbonyl (C=O) groups is 2. The standard InChI is InChI=1S/C9H15NO2/c1-5(2)8(11)6-3-4-7(6)9(10)12/h5-7H,3-4H2,1-2H3,(H2,10,12)/t6-,7-/m1/s1. The number of hydrogen-bond donors (Lipinski definition) is 1. The van der Waals surface area contributed by atoms with E-state index in [2.05, 4.69) is 0 Å². The van der Waals surface area contributed by atoms with Crippen LogP contribution in [0.15, 0.2) is 0 Å². The van der Waals surface area contributed by atoms with Crippen molar-refractivity contribution >= 4 is 11.7 Å². The Morgan fingerprint density at radius 2 is 1.75 bits per heavy atom. The predicted octanol–water partition coefficient (Wildman–Crippen LogP) is 0.723. The van der Waals surface area contributed by atoms with E-state index in [0.717, 1.165) is 12.8 Å². The highest BCUT2D eigenvalue weighted by Gasteiger charge is 2.40. The van der Waals surface area contributed by atoms with Gasteiger partial charge >= 0.3 is 0 Å². The molecule has 1 aliphatic carbocycles. The summed E-state index contributed by atoms with van der Waals surface area (Å²) in [6, 6.07) is 0. The van der Waals surface area contributed by atoms with E-state index < -0.39 is 0 Å². The van der Waals surface area contributed by atoms with Crippen molar-refractivity contribution in [3.05, 3.63) is 0 Å². The van der Waals surface area contributed by atoms with Gasteiger partial charge in [0.15, 0.2) is 0 Å². The summed E-state index contributed by atoms with van der Waals surface area (Å²) in [4.78, 5) is 22.2. The molecule has 0 aromatic carbocycles. The molecule has 12 heavy (non-hydrogen) atoms. The number of nitrogens with two attached hydrogens (primary N) is 1. The zero-order valence-corrected chi connectivity index (χ0v) is 7.54. The first-order chi connectivity index (χ1) is 5.54. The van der Waals surface area contributed by atoms with Gasteiger partial charge in [-0.2, -0.15) is 0 Å². The van der Waals surface area contributed by atoms with Crippen LogP contribution in [0.2, 0.25) is 0 Å². The molecule has 3 heteroatoms. The van der Waals surface area contributed by atoms with Crippen molar-refractivity contribution in [3.63, 3.8) is 0 Å². The van der Waals surface area contributed by atoms with Crippen LogP contribution in [0, 0.1) is 17.8 Å². The molecule has 0 radical (unpaired) electrons. The molecule has 0 bridgehead atoms. The highest BCUT2D eigenvalue weighted by molar-refractivity contribution is 5.90. The molecule has 0 aromatic heterocycles. The summed E-state index contributed by atoms with van der Waals surface area (Å²) in [6.45, 7) is 3.72. The molecule has 1 amide bonds. The highest BCUT2D eigenvalue weighted by atomic mass is 16.1. The third-order valence-corrected chi connectivity index (χ3v) is 2.57. The molecule has 0 heterocycles. The number of amides is 1. The molecule has 3 nitrogen and oxygen atoms in total. The Morgan fingerprint density at radius 1 is 1.25 bits per heavy atom. The number of carbonyl (C=O) groups excluding carboxylic acids is 2. The molecule has 1 fully saturated rings. The van der Waals surface area contributed by atoms with E-state index in [4.69, 9.17) is 5.73 Å². The SMILES string of the molecule is CC(C)C(=O)[C@@H]1CC[C@H]1C(N)=O. The van der Waals surface area contributed by atoms with Crippen LogP contribution in [-0.2, 0) is 9.59 Å². The lowest BCUT2D eigenvalue weighted by Gasteiger charge is -2.33. The van der Waals surface area contributed by atoms with Gasteiger partial charge in [0.2, 0.25) is 5.91 Å².